The van der Waals surface area contributed by atoms with Crippen LogP contribution in [0.15, 0.2) is 29.7 Å². The molecule has 0 unspecified atom stereocenters. The highest BCUT2D eigenvalue weighted by atomic mass is 16.6. The predicted molar refractivity (Wildman–Crippen MR) is 99.1 cm³/mol. The van der Waals surface area contributed by atoms with Gasteiger partial charge in [0.1, 0.15) is 17.6 Å². The van der Waals surface area contributed by atoms with Crippen LogP contribution in [0, 0.1) is 17.2 Å². The number of benzene rings is 1. The molecule has 8 nitrogen and oxygen atoms in total. The zero-order chi connectivity index (χ0) is 21.0. The van der Waals surface area contributed by atoms with Crippen molar-refractivity contribution in [1.82, 2.24) is 0 Å². The molecule has 0 fully saturated rings. The van der Waals surface area contributed by atoms with Crippen LogP contribution >= 0.6 is 0 Å². The number of nitriles is 1. The van der Waals surface area contributed by atoms with Gasteiger partial charge in [-0.25, -0.2) is 0 Å². The number of nitrogens with zero attached hydrogens (tertiary/aromatic N) is 1. The molecule has 0 amide bonds. The zero-order valence-corrected chi connectivity index (χ0v) is 16.5. The highest BCUT2D eigenvalue weighted by Crippen LogP contribution is 2.44. The topological polar surface area (TPSA) is 121 Å². The van der Waals surface area contributed by atoms with Gasteiger partial charge in [-0.3, -0.25) is 9.59 Å². The summed E-state index contributed by atoms with van der Waals surface area (Å²) in [5, 5.41) is 9.64. The maximum atomic E-state index is 12.8. The number of allylic oxidation sites excluding steroid dienone is 1. The minimum absolute atomic E-state index is 0.0379. The smallest absolute Gasteiger partial charge is 0.321 e. The fourth-order valence-corrected chi connectivity index (χ4v) is 2.92. The lowest BCUT2D eigenvalue weighted by atomic mass is 9.79. The van der Waals surface area contributed by atoms with Crippen LogP contribution < -0.4 is 15.2 Å². The Hall–Kier alpha value is -3.21. The summed E-state index contributed by atoms with van der Waals surface area (Å²) >= 11 is 0. The van der Waals surface area contributed by atoms with E-state index in [0.717, 1.165) is 0 Å². The van der Waals surface area contributed by atoms with Crippen molar-refractivity contribution in [1.29, 1.82) is 5.26 Å². The fraction of sp³-hybridized carbons (Fsp3) is 0.450. The van der Waals surface area contributed by atoms with E-state index in [0.29, 0.717) is 17.1 Å². The number of carbonyl (C=O) groups is 2. The molecule has 1 heterocycles. The van der Waals surface area contributed by atoms with Gasteiger partial charge < -0.3 is 24.7 Å². The number of hydrogen-bond acceptors (Lipinski definition) is 8. The molecule has 1 atom stereocenters. The normalized spacial score (nSPS) is 15.8. The first kappa shape index (κ1) is 21.1. The number of carbonyl (C=O) groups excluding carboxylic acids is 2. The van der Waals surface area contributed by atoms with Crippen LogP contribution in [0.4, 0.5) is 0 Å². The molecule has 2 rings (SSSR count). The van der Waals surface area contributed by atoms with E-state index in [2.05, 4.69) is 0 Å². The van der Waals surface area contributed by atoms with Gasteiger partial charge in [-0.05, 0) is 33.8 Å². The third kappa shape index (κ3) is 4.36. The van der Waals surface area contributed by atoms with Crippen LogP contribution in [0.5, 0.6) is 11.5 Å². The average molecular weight is 388 g/mol. The molecule has 0 bridgehead atoms. The molecule has 0 saturated carbocycles. The molecule has 28 heavy (non-hydrogen) atoms. The molecule has 0 saturated heterocycles. The number of rotatable bonds is 6. The lowest BCUT2D eigenvalue weighted by Crippen LogP contribution is -2.38. The standard InChI is InChI=1S/C20H24N2O6/c1-10(2)26-19(23)17(20(24)27-11(3)4)16-13-7-6-12(25-5)8-15(13)28-18(22)14(16)9-21/h6-8,10-11,16-17H,22H2,1-5H3/t16-/m1/s1. The second-order valence-corrected chi connectivity index (χ2v) is 6.82. The van der Waals surface area contributed by atoms with Gasteiger partial charge in [0.15, 0.2) is 5.92 Å². The molecule has 1 aliphatic rings. The van der Waals surface area contributed by atoms with Crippen molar-refractivity contribution in [2.24, 2.45) is 11.7 Å². The van der Waals surface area contributed by atoms with E-state index in [-0.39, 0.29) is 11.5 Å². The third-order valence-electron chi connectivity index (χ3n) is 4.02. The van der Waals surface area contributed by atoms with Crippen LogP contribution in [-0.4, -0.2) is 31.3 Å². The van der Waals surface area contributed by atoms with Crippen molar-refractivity contribution in [2.75, 3.05) is 7.11 Å². The van der Waals surface area contributed by atoms with Crippen molar-refractivity contribution < 1.29 is 28.5 Å². The number of fused-ring (bicyclic) bond motifs is 1. The van der Waals surface area contributed by atoms with E-state index < -0.39 is 36.0 Å². The van der Waals surface area contributed by atoms with Crippen LogP contribution in [0.3, 0.4) is 0 Å². The van der Waals surface area contributed by atoms with E-state index in [1.165, 1.54) is 7.11 Å². The lowest BCUT2D eigenvalue weighted by molar-refractivity contribution is -0.167. The minimum atomic E-state index is -1.41. The van der Waals surface area contributed by atoms with E-state index in [1.807, 2.05) is 6.07 Å². The summed E-state index contributed by atoms with van der Waals surface area (Å²) in [6.45, 7) is 6.67. The number of nitrogens with two attached hydrogens (primary N) is 1. The molecule has 1 aromatic carbocycles. The Balaban J connectivity index is 2.63. The monoisotopic (exact) mass is 388 g/mol. The second kappa shape index (κ2) is 8.65. The van der Waals surface area contributed by atoms with Crippen molar-refractivity contribution in [3.63, 3.8) is 0 Å². The van der Waals surface area contributed by atoms with Crippen molar-refractivity contribution in [2.45, 2.75) is 45.8 Å². The largest absolute Gasteiger partial charge is 0.497 e. The molecule has 0 radical (unpaired) electrons. The Kier molecular flexibility index (Phi) is 6.52. The Labute approximate surface area is 163 Å². The second-order valence-electron chi connectivity index (χ2n) is 6.82. The number of hydrogen-bond donors (Lipinski definition) is 1. The SMILES string of the molecule is COc1ccc2c(c1)OC(N)=C(C#N)[C@@H]2C(C(=O)OC(C)C)C(=O)OC(C)C. The summed E-state index contributed by atoms with van der Waals surface area (Å²) in [5.74, 6) is -3.40. The van der Waals surface area contributed by atoms with Gasteiger partial charge in [0.25, 0.3) is 0 Å². The van der Waals surface area contributed by atoms with Crippen molar-refractivity contribution in [3.05, 3.63) is 35.2 Å². The Morgan fingerprint density at radius 1 is 1.14 bits per heavy atom. The van der Waals surface area contributed by atoms with Gasteiger partial charge in [0.05, 0.1) is 30.8 Å². The van der Waals surface area contributed by atoms with Gasteiger partial charge in [-0.1, -0.05) is 6.07 Å². The number of esters is 2. The molecule has 1 aromatic rings. The maximum absolute atomic E-state index is 12.8. The van der Waals surface area contributed by atoms with Crippen molar-refractivity contribution >= 4 is 11.9 Å². The average Bonchev–Trinajstić information content (AvgIpc) is 2.59. The van der Waals surface area contributed by atoms with Gasteiger partial charge in [-0.2, -0.15) is 5.26 Å². The molecule has 0 aromatic heterocycles. The molecule has 0 spiro atoms. The quantitative estimate of drug-likeness (QED) is 0.582. The number of methoxy groups -OCH3 is 1. The van der Waals surface area contributed by atoms with Crippen LogP contribution in [0.2, 0.25) is 0 Å². The van der Waals surface area contributed by atoms with Gasteiger partial charge in [-0.15, -0.1) is 0 Å². The fourth-order valence-electron chi connectivity index (χ4n) is 2.92. The summed E-state index contributed by atoms with van der Waals surface area (Å²) in [5.41, 5.74) is 6.32. The van der Waals surface area contributed by atoms with Crippen molar-refractivity contribution in [3.8, 4) is 17.6 Å². The maximum Gasteiger partial charge on any atom is 0.321 e. The Bertz CT molecular complexity index is 816. The summed E-state index contributed by atoms with van der Waals surface area (Å²) in [6.07, 6.45) is -0.909. The molecule has 1 aliphatic heterocycles. The third-order valence-corrected chi connectivity index (χ3v) is 4.02. The molecule has 0 aliphatic carbocycles. The highest BCUT2D eigenvalue weighted by Gasteiger charge is 2.45. The minimum Gasteiger partial charge on any atom is -0.497 e. The van der Waals surface area contributed by atoms with Gasteiger partial charge in [0.2, 0.25) is 5.88 Å². The molecule has 150 valence electrons. The van der Waals surface area contributed by atoms with Crippen LogP contribution in [0.25, 0.3) is 0 Å². The van der Waals surface area contributed by atoms with Crippen LogP contribution in [0.1, 0.15) is 39.2 Å². The highest BCUT2D eigenvalue weighted by molar-refractivity contribution is 5.97. The Morgan fingerprint density at radius 2 is 1.71 bits per heavy atom. The predicted octanol–water partition coefficient (Wildman–Crippen LogP) is 2.38. The molecular formula is C20H24N2O6. The first-order chi connectivity index (χ1) is 13.2. The first-order valence-electron chi connectivity index (χ1n) is 8.86. The molecule has 2 N–H and O–H groups in total. The lowest BCUT2D eigenvalue weighted by Gasteiger charge is -2.30. The summed E-state index contributed by atoms with van der Waals surface area (Å²) in [7, 11) is 1.49. The zero-order valence-electron chi connectivity index (χ0n) is 16.5. The summed E-state index contributed by atoms with van der Waals surface area (Å²) in [6, 6.07) is 6.79. The van der Waals surface area contributed by atoms with E-state index >= 15 is 0 Å². The van der Waals surface area contributed by atoms with Gasteiger partial charge in [0, 0.05) is 11.6 Å². The molecule has 8 heteroatoms. The van der Waals surface area contributed by atoms with Crippen LogP contribution in [-0.2, 0) is 19.1 Å². The molecular weight excluding hydrogens is 364 g/mol. The van der Waals surface area contributed by atoms with E-state index in [9.17, 15) is 14.9 Å². The Morgan fingerprint density at radius 3 is 2.18 bits per heavy atom. The van der Waals surface area contributed by atoms with E-state index in [4.69, 9.17) is 24.7 Å². The summed E-state index contributed by atoms with van der Waals surface area (Å²) < 4.78 is 21.3. The first-order valence-corrected chi connectivity index (χ1v) is 8.86. The summed E-state index contributed by atoms with van der Waals surface area (Å²) in [4.78, 5) is 25.6. The number of ether oxygens (including phenoxy) is 4. The van der Waals surface area contributed by atoms with E-state index in [1.54, 1.807) is 45.9 Å². The van der Waals surface area contributed by atoms with Gasteiger partial charge >= 0.3 is 11.9 Å².